The molecule has 1 aromatic rings. The molecule has 0 unspecified atom stereocenters. The van der Waals surface area contributed by atoms with Crippen molar-refractivity contribution in [3.63, 3.8) is 0 Å². The summed E-state index contributed by atoms with van der Waals surface area (Å²) in [4.78, 5) is 37.9. The van der Waals surface area contributed by atoms with Crippen LogP contribution in [-0.4, -0.2) is 35.6 Å². The van der Waals surface area contributed by atoms with E-state index in [9.17, 15) is 14.4 Å². The second kappa shape index (κ2) is 5.66. The van der Waals surface area contributed by atoms with Gasteiger partial charge < -0.3 is 4.74 Å². The molecule has 0 aromatic heterocycles. The van der Waals surface area contributed by atoms with E-state index in [1.807, 2.05) is 0 Å². The van der Waals surface area contributed by atoms with E-state index in [0.717, 1.165) is 4.90 Å². The number of hydrogen-bond acceptors (Lipinski definition) is 6. The van der Waals surface area contributed by atoms with Crippen LogP contribution in [0.1, 0.15) is 19.8 Å². The van der Waals surface area contributed by atoms with Crippen LogP contribution in [0.15, 0.2) is 29.4 Å². The summed E-state index contributed by atoms with van der Waals surface area (Å²) >= 11 is 5.92. The third kappa shape index (κ3) is 2.57. The number of anilines is 1. The van der Waals surface area contributed by atoms with Crippen molar-refractivity contribution in [2.24, 2.45) is 5.10 Å². The number of amides is 2. The third-order valence-corrected chi connectivity index (χ3v) is 4.00. The van der Waals surface area contributed by atoms with Crippen molar-refractivity contribution < 1.29 is 19.1 Å². The van der Waals surface area contributed by atoms with Crippen LogP contribution >= 0.6 is 11.6 Å². The van der Waals surface area contributed by atoms with Gasteiger partial charge in [-0.05, 0) is 25.1 Å². The number of hydrogen-bond donors (Lipinski definition) is 1. The zero-order chi connectivity index (χ0) is 16.6. The van der Waals surface area contributed by atoms with Crippen LogP contribution in [0.4, 0.5) is 5.69 Å². The SMILES string of the molecule is CCOC(=O)C1=NN[C@]2(CC(=O)N(c3cccc(Cl)c3)C2=O)C1. The Hall–Kier alpha value is -2.41. The average molecular weight is 336 g/mol. The average Bonchev–Trinajstić information content (AvgIpc) is 3.02. The van der Waals surface area contributed by atoms with Gasteiger partial charge in [-0.1, -0.05) is 17.7 Å². The van der Waals surface area contributed by atoms with E-state index in [2.05, 4.69) is 10.5 Å². The van der Waals surface area contributed by atoms with Crippen LogP contribution in [0.3, 0.4) is 0 Å². The molecular formula is C15H14ClN3O4. The largest absolute Gasteiger partial charge is 0.461 e. The van der Waals surface area contributed by atoms with Gasteiger partial charge in [0.1, 0.15) is 11.3 Å². The summed E-state index contributed by atoms with van der Waals surface area (Å²) in [6, 6.07) is 6.48. The van der Waals surface area contributed by atoms with Crippen molar-refractivity contribution in [1.82, 2.24) is 5.43 Å². The minimum absolute atomic E-state index is 0.0213. The molecule has 2 aliphatic rings. The molecule has 1 saturated heterocycles. The Morgan fingerprint density at radius 2 is 2.22 bits per heavy atom. The van der Waals surface area contributed by atoms with E-state index in [4.69, 9.17) is 16.3 Å². The molecule has 1 aromatic carbocycles. The second-order valence-corrected chi connectivity index (χ2v) is 5.78. The van der Waals surface area contributed by atoms with Crippen molar-refractivity contribution in [3.05, 3.63) is 29.3 Å². The fraction of sp³-hybridized carbons (Fsp3) is 0.333. The number of halogens is 1. The van der Waals surface area contributed by atoms with Crippen molar-refractivity contribution >= 4 is 40.8 Å². The Bertz CT molecular complexity index is 733. The number of ether oxygens (including phenoxy) is 1. The number of nitrogens with one attached hydrogen (secondary N) is 1. The molecule has 2 amide bonds. The molecule has 0 aliphatic carbocycles. The number of rotatable bonds is 3. The molecule has 7 nitrogen and oxygen atoms in total. The molecule has 3 rings (SSSR count). The molecule has 0 saturated carbocycles. The number of benzene rings is 1. The predicted molar refractivity (Wildman–Crippen MR) is 83.1 cm³/mol. The predicted octanol–water partition coefficient (Wildman–Crippen LogP) is 1.25. The Morgan fingerprint density at radius 3 is 2.91 bits per heavy atom. The minimum Gasteiger partial charge on any atom is -0.461 e. The summed E-state index contributed by atoms with van der Waals surface area (Å²) < 4.78 is 4.88. The fourth-order valence-corrected chi connectivity index (χ4v) is 2.90. The van der Waals surface area contributed by atoms with E-state index >= 15 is 0 Å². The molecule has 120 valence electrons. The first-order valence-electron chi connectivity index (χ1n) is 7.10. The van der Waals surface area contributed by atoms with Crippen molar-refractivity contribution in [2.75, 3.05) is 11.5 Å². The summed E-state index contributed by atoms with van der Waals surface area (Å²) in [5, 5.41) is 4.31. The van der Waals surface area contributed by atoms with Crippen LogP contribution in [0.25, 0.3) is 0 Å². The Morgan fingerprint density at radius 1 is 1.43 bits per heavy atom. The van der Waals surface area contributed by atoms with Gasteiger partial charge in [0.25, 0.3) is 5.91 Å². The number of carbonyl (C=O) groups excluding carboxylic acids is 3. The van der Waals surface area contributed by atoms with Gasteiger partial charge in [-0.15, -0.1) is 0 Å². The fourth-order valence-electron chi connectivity index (χ4n) is 2.71. The van der Waals surface area contributed by atoms with Gasteiger partial charge in [-0.3, -0.25) is 15.0 Å². The normalized spacial score (nSPS) is 23.2. The molecule has 1 N–H and O–H groups in total. The highest BCUT2D eigenvalue weighted by molar-refractivity contribution is 6.39. The highest BCUT2D eigenvalue weighted by Crippen LogP contribution is 2.35. The van der Waals surface area contributed by atoms with Crippen LogP contribution in [0.5, 0.6) is 0 Å². The summed E-state index contributed by atoms with van der Waals surface area (Å²) in [6.45, 7) is 1.90. The lowest BCUT2D eigenvalue weighted by atomic mass is 9.93. The molecule has 23 heavy (non-hydrogen) atoms. The monoisotopic (exact) mass is 335 g/mol. The van der Waals surface area contributed by atoms with Crippen LogP contribution < -0.4 is 10.3 Å². The van der Waals surface area contributed by atoms with E-state index in [1.54, 1.807) is 31.2 Å². The zero-order valence-electron chi connectivity index (χ0n) is 12.3. The van der Waals surface area contributed by atoms with Crippen molar-refractivity contribution in [2.45, 2.75) is 25.3 Å². The maximum Gasteiger partial charge on any atom is 0.354 e. The molecule has 0 bridgehead atoms. The molecular weight excluding hydrogens is 322 g/mol. The number of esters is 1. The highest BCUT2D eigenvalue weighted by Gasteiger charge is 2.56. The summed E-state index contributed by atoms with van der Waals surface area (Å²) in [5.41, 5.74) is 1.95. The van der Waals surface area contributed by atoms with E-state index in [-0.39, 0.29) is 31.1 Å². The van der Waals surface area contributed by atoms with E-state index in [0.29, 0.717) is 10.7 Å². The van der Waals surface area contributed by atoms with Crippen molar-refractivity contribution in [3.8, 4) is 0 Å². The zero-order valence-corrected chi connectivity index (χ0v) is 13.1. The molecule has 2 heterocycles. The Balaban J connectivity index is 1.84. The number of nitrogens with zero attached hydrogens (tertiary/aromatic N) is 2. The molecule has 1 fully saturated rings. The standard InChI is InChI=1S/C15H14ClN3O4/c1-2-23-13(21)11-7-15(18-17-11)8-12(20)19(14(15)22)10-5-3-4-9(16)6-10/h3-6,18H,2,7-8H2,1H3/t15-/m0/s1. The van der Waals surface area contributed by atoms with Crippen LogP contribution in [0.2, 0.25) is 5.02 Å². The summed E-state index contributed by atoms with van der Waals surface area (Å²) in [5.74, 6) is -1.41. The first kappa shape index (κ1) is 15.5. The van der Waals surface area contributed by atoms with Crippen LogP contribution in [-0.2, 0) is 19.1 Å². The van der Waals surface area contributed by atoms with Gasteiger partial charge in [0.15, 0.2) is 0 Å². The lowest BCUT2D eigenvalue weighted by molar-refractivity contribution is -0.135. The summed E-state index contributed by atoms with van der Waals surface area (Å²) in [7, 11) is 0. The lowest BCUT2D eigenvalue weighted by Gasteiger charge is -2.21. The maximum absolute atomic E-state index is 12.8. The molecule has 0 radical (unpaired) electrons. The van der Waals surface area contributed by atoms with E-state index in [1.165, 1.54) is 0 Å². The van der Waals surface area contributed by atoms with Gasteiger partial charge in [0, 0.05) is 11.4 Å². The van der Waals surface area contributed by atoms with Gasteiger partial charge in [-0.25, -0.2) is 9.69 Å². The minimum atomic E-state index is -1.22. The topological polar surface area (TPSA) is 88.1 Å². The molecule has 1 atom stereocenters. The van der Waals surface area contributed by atoms with Gasteiger partial charge in [0.05, 0.1) is 18.7 Å². The molecule has 1 spiro atoms. The highest BCUT2D eigenvalue weighted by atomic mass is 35.5. The lowest BCUT2D eigenvalue weighted by Crippen LogP contribution is -2.47. The first-order chi connectivity index (χ1) is 11.0. The Labute approximate surface area is 137 Å². The maximum atomic E-state index is 12.8. The van der Waals surface area contributed by atoms with Crippen molar-refractivity contribution in [1.29, 1.82) is 0 Å². The van der Waals surface area contributed by atoms with Gasteiger partial charge >= 0.3 is 5.97 Å². The number of hydrazone groups is 1. The number of carbonyl (C=O) groups is 3. The second-order valence-electron chi connectivity index (χ2n) is 5.34. The molecule has 8 heteroatoms. The van der Waals surface area contributed by atoms with E-state index < -0.39 is 17.4 Å². The number of imide groups is 1. The van der Waals surface area contributed by atoms with Gasteiger partial charge in [0.2, 0.25) is 5.91 Å². The van der Waals surface area contributed by atoms with Gasteiger partial charge in [-0.2, -0.15) is 5.10 Å². The quantitative estimate of drug-likeness (QED) is 0.663. The Kier molecular flexibility index (Phi) is 3.81. The smallest absolute Gasteiger partial charge is 0.354 e. The van der Waals surface area contributed by atoms with Crippen LogP contribution in [0, 0.1) is 0 Å². The molecule has 2 aliphatic heterocycles. The summed E-state index contributed by atoms with van der Waals surface area (Å²) in [6.07, 6.45) is -0.0573. The third-order valence-electron chi connectivity index (χ3n) is 3.77. The first-order valence-corrected chi connectivity index (χ1v) is 7.48.